The van der Waals surface area contributed by atoms with Gasteiger partial charge in [0.2, 0.25) is 5.91 Å². The Morgan fingerprint density at radius 2 is 1.83 bits per heavy atom. The van der Waals surface area contributed by atoms with E-state index in [9.17, 15) is 22.8 Å². The first-order chi connectivity index (χ1) is 16.1. The summed E-state index contributed by atoms with van der Waals surface area (Å²) >= 11 is 0. The van der Waals surface area contributed by atoms with E-state index in [1.807, 2.05) is 13.8 Å². The number of hydrogen-bond donors (Lipinski definition) is 3. The largest absolute Gasteiger partial charge is 0.401 e. The maximum absolute atomic E-state index is 13.2. The maximum atomic E-state index is 13.2. The lowest BCUT2D eigenvalue weighted by atomic mass is 9.89. The normalized spacial score (nSPS) is 13.2. The second-order valence-corrected chi connectivity index (χ2v) is 8.90. The summed E-state index contributed by atoms with van der Waals surface area (Å²) in [4.78, 5) is 28.9. The van der Waals surface area contributed by atoms with Crippen LogP contribution in [0.4, 0.5) is 24.8 Å². The van der Waals surface area contributed by atoms with Gasteiger partial charge >= 0.3 is 6.18 Å². The first-order valence-corrected chi connectivity index (χ1v) is 10.6. The van der Waals surface area contributed by atoms with Crippen LogP contribution in [0.15, 0.2) is 28.9 Å². The number of aromatic nitrogens is 4. The summed E-state index contributed by atoms with van der Waals surface area (Å²) in [6, 6.07) is 4.10. The van der Waals surface area contributed by atoms with Crippen LogP contribution in [0.1, 0.15) is 68.3 Å². The molecule has 0 spiro atoms. The van der Waals surface area contributed by atoms with Crippen molar-refractivity contribution in [3.63, 3.8) is 0 Å². The Morgan fingerprint density at radius 3 is 2.34 bits per heavy atom. The standard InChI is InChI=1S/C22H26F3N7O3/c1-10(2)32-18(26)16(19(27)33)17(30-32)13-7-6-12(9-28-13)11(3)20(34)29-15-8-14(35-31-15)21(4,5)22(23,24)25/h6-11H,26H2,1-5H3,(H2,27,33)(H,29,31,34). The van der Waals surface area contributed by atoms with E-state index in [0.717, 1.165) is 19.9 Å². The van der Waals surface area contributed by atoms with Gasteiger partial charge in [0.1, 0.15) is 22.5 Å². The minimum atomic E-state index is -4.56. The van der Waals surface area contributed by atoms with E-state index in [2.05, 4.69) is 20.6 Å². The van der Waals surface area contributed by atoms with E-state index < -0.39 is 35.1 Å². The number of nitrogens with one attached hydrogen (secondary N) is 1. The highest BCUT2D eigenvalue weighted by Crippen LogP contribution is 2.41. The number of pyridine rings is 1. The third-order valence-corrected chi connectivity index (χ3v) is 5.69. The van der Waals surface area contributed by atoms with Gasteiger partial charge in [-0.05, 0) is 46.2 Å². The smallest absolute Gasteiger partial charge is 0.383 e. The van der Waals surface area contributed by atoms with E-state index >= 15 is 0 Å². The molecular weight excluding hydrogens is 467 g/mol. The SMILES string of the molecule is CC(C(=O)Nc1cc(C(C)(C)C(F)(F)F)on1)c1ccc(-c2nn(C(C)C)c(N)c2C(N)=O)nc1. The van der Waals surface area contributed by atoms with Crippen LogP contribution in [0.3, 0.4) is 0 Å². The summed E-state index contributed by atoms with van der Waals surface area (Å²) in [6.07, 6.45) is -3.13. The van der Waals surface area contributed by atoms with Gasteiger partial charge in [-0.3, -0.25) is 14.6 Å². The summed E-state index contributed by atoms with van der Waals surface area (Å²) in [5, 5.41) is 10.3. The van der Waals surface area contributed by atoms with Crippen LogP contribution >= 0.6 is 0 Å². The number of nitrogen functional groups attached to an aromatic ring is 1. The molecule has 0 aliphatic rings. The van der Waals surface area contributed by atoms with Gasteiger partial charge in [0.25, 0.3) is 5.91 Å². The molecule has 0 fully saturated rings. The fraction of sp³-hybridized carbons (Fsp3) is 0.409. The zero-order valence-corrected chi connectivity index (χ0v) is 19.8. The number of rotatable bonds is 7. The number of carbonyl (C=O) groups excluding carboxylic acids is 2. The fourth-order valence-electron chi connectivity index (χ4n) is 3.22. The zero-order valence-electron chi connectivity index (χ0n) is 19.8. The van der Waals surface area contributed by atoms with Gasteiger partial charge in [-0.2, -0.15) is 18.3 Å². The van der Waals surface area contributed by atoms with Crippen molar-refractivity contribution in [2.45, 2.75) is 58.2 Å². The highest BCUT2D eigenvalue weighted by Gasteiger charge is 2.51. The first-order valence-electron chi connectivity index (χ1n) is 10.6. The molecule has 0 saturated heterocycles. The number of carbonyl (C=O) groups is 2. The third kappa shape index (κ3) is 4.84. The maximum Gasteiger partial charge on any atom is 0.401 e. The average molecular weight is 493 g/mol. The number of anilines is 2. The molecule has 10 nitrogen and oxygen atoms in total. The molecule has 0 aromatic carbocycles. The summed E-state index contributed by atoms with van der Waals surface area (Å²) in [5.74, 6) is -2.45. The zero-order chi connectivity index (χ0) is 26.3. The van der Waals surface area contributed by atoms with Crippen LogP contribution in [0.2, 0.25) is 0 Å². The predicted octanol–water partition coefficient (Wildman–Crippen LogP) is 3.78. The Labute approximate surface area is 198 Å². The minimum Gasteiger partial charge on any atom is -0.383 e. The van der Waals surface area contributed by atoms with E-state index in [-0.39, 0.29) is 28.9 Å². The molecule has 0 bridgehead atoms. The molecule has 0 saturated carbocycles. The summed E-state index contributed by atoms with van der Waals surface area (Å²) in [6.45, 7) is 7.19. The van der Waals surface area contributed by atoms with Crippen LogP contribution in [-0.2, 0) is 10.2 Å². The molecule has 5 N–H and O–H groups in total. The van der Waals surface area contributed by atoms with Crippen LogP contribution in [-0.4, -0.2) is 37.9 Å². The van der Waals surface area contributed by atoms with E-state index in [1.165, 1.54) is 10.9 Å². The molecule has 3 rings (SSSR count). The molecular formula is C22H26F3N7O3. The molecule has 0 aliphatic carbocycles. The fourth-order valence-corrected chi connectivity index (χ4v) is 3.22. The van der Waals surface area contributed by atoms with Crippen LogP contribution < -0.4 is 16.8 Å². The number of nitrogens with zero attached hydrogens (tertiary/aromatic N) is 4. The van der Waals surface area contributed by atoms with Gasteiger partial charge in [-0.25, -0.2) is 4.68 Å². The number of halogens is 3. The molecule has 1 unspecified atom stereocenters. The monoisotopic (exact) mass is 493 g/mol. The summed E-state index contributed by atoms with van der Waals surface area (Å²) in [5.41, 5.74) is 10.3. The lowest BCUT2D eigenvalue weighted by Crippen LogP contribution is -2.35. The van der Waals surface area contributed by atoms with Gasteiger partial charge in [-0.1, -0.05) is 11.2 Å². The topological polar surface area (TPSA) is 155 Å². The number of nitrogens with two attached hydrogens (primary N) is 2. The molecule has 1 atom stereocenters. The van der Waals surface area contributed by atoms with Crippen LogP contribution in [0, 0.1) is 0 Å². The molecule has 35 heavy (non-hydrogen) atoms. The molecule has 0 radical (unpaired) electrons. The van der Waals surface area contributed by atoms with Crippen molar-refractivity contribution < 1.29 is 27.3 Å². The van der Waals surface area contributed by atoms with E-state index in [4.69, 9.17) is 16.0 Å². The van der Waals surface area contributed by atoms with E-state index in [1.54, 1.807) is 19.1 Å². The number of hydrogen-bond acceptors (Lipinski definition) is 7. The van der Waals surface area contributed by atoms with Gasteiger partial charge in [0.15, 0.2) is 11.6 Å². The minimum absolute atomic E-state index is 0.0494. The van der Waals surface area contributed by atoms with Gasteiger partial charge in [0, 0.05) is 18.3 Å². The van der Waals surface area contributed by atoms with Gasteiger partial charge < -0.3 is 21.3 Å². The molecule has 3 aromatic rings. The van der Waals surface area contributed by atoms with Crippen molar-refractivity contribution in [3.05, 3.63) is 41.3 Å². The van der Waals surface area contributed by atoms with Gasteiger partial charge in [-0.15, -0.1) is 0 Å². The number of amides is 2. The van der Waals surface area contributed by atoms with Crippen molar-refractivity contribution in [2.75, 3.05) is 11.1 Å². The van der Waals surface area contributed by atoms with Crippen molar-refractivity contribution >= 4 is 23.5 Å². The number of alkyl halides is 3. The highest BCUT2D eigenvalue weighted by molar-refractivity contribution is 6.03. The van der Waals surface area contributed by atoms with Crippen LogP contribution in [0.5, 0.6) is 0 Å². The van der Waals surface area contributed by atoms with Crippen molar-refractivity contribution in [2.24, 2.45) is 5.73 Å². The quantitative estimate of drug-likeness (QED) is 0.452. The molecule has 3 aromatic heterocycles. The average Bonchev–Trinajstić information content (AvgIpc) is 3.37. The second kappa shape index (κ2) is 9.04. The predicted molar refractivity (Wildman–Crippen MR) is 121 cm³/mol. The van der Waals surface area contributed by atoms with Crippen LogP contribution in [0.25, 0.3) is 11.4 Å². The molecule has 0 aliphatic heterocycles. The Balaban J connectivity index is 1.79. The second-order valence-electron chi connectivity index (χ2n) is 8.90. The summed E-state index contributed by atoms with van der Waals surface area (Å²) in [7, 11) is 0. The summed E-state index contributed by atoms with van der Waals surface area (Å²) < 4.78 is 45.9. The highest BCUT2D eigenvalue weighted by atomic mass is 19.4. The molecule has 13 heteroatoms. The third-order valence-electron chi connectivity index (χ3n) is 5.69. The Bertz CT molecular complexity index is 1240. The Morgan fingerprint density at radius 1 is 1.17 bits per heavy atom. The molecule has 3 heterocycles. The molecule has 2 amide bonds. The van der Waals surface area contributed by atoms with Crippen molar-refractivity contribution in [1.29, 1.82) is 0 Å². The van der Waals surface area contributed by atoms with Gasteiger partial charge in [0.05, 0.1) is 11.6 Å². The Hall–Kier alpha value is -3.90. The van der Waals surface area contributed by atoms with E-state index in [0.29, 0.717) is 11.3 Å². The number of primary amides is 1. The Kier molecular flexibility index (Phi) is 6.64. The lowest BCUT2D eigenvalue weighted by Gasteiger charge is -2.24. The lowest BCUT2D eigenvalue weighted by molar-refractivity contribution is -0.185. The first kappa shape index (κ1) is 25.7. The molecule has 188 valence electrons. The van der Waals surface area contributed by atoms with Crippen molar-refractivity contribution in [1.82, 2.24) is 19.9 Å². The van der Waals surface area contributed by atoms with Crippen molar-refractivity contribution in [3.8, 4) is 11.4 Å².